The Morgan fingerprint density at radius 3 is 2.86 bits per heavy atom. The molecule has 114 valence electrons. The van der Waals surface area contributed by atoms with E-state index in [1.165, 1.54) is 31.0 Å². The van der Waals surface area contributed by atoms with Crippen LogP contribution in [0, 0.1) is 23.6 Å². The summed E-state index contributed by atoms with van der Waals surface area (Å²) in [6.07, 6.45) is 2.55. The van der Waals surface area contributed by atoms with Crippen molar-refractivity contribution < 1.29 is 9.50 Å². The molecule has 1 fully saturated rings. The Kier molecular flexibility index (Phi) is 4.42. The Balaban J connectivity index is 1.72. The molecule has 1 aliphatic heterocycles. The van der Waals surface area contributed by atoms with E-state index in [2.05, 4.69) is 37.8 Å². The van der Waals surface area contributed by atoms with Crippen LogP contribution in [0.15, 0.2) is 32.7 Å². The third-order valence-corrected chi connectivity index (χ3v) is 4.48. The third-order valence-electron chi connectivity index (χ3n) is 3.79. The van der Waals surface area contributed by atoms with Gasteiger partial charge in [-0.05, 0) is 37.3 Å². The Morgan fingerprint density at radius 1 is 1.41 bits per heavy atom. The van der Waals surface area contributed by atoms with Crippen LogP contribution in [0.1, 0.15) is 37.9 Å². The molecule has 2 aliphatic rings. The summed E-state index contributed by atoms with van der Waals surface area (Å²) in [5.41, 5.74) is 2.00. The zero-order chi connectivity index (χ0) is 15.7. The molecule has 0 radical (unpaired) electrons. The van der Waals surface area contributed by atoms with E-state index < -0.39 is 6.10 Å². The molecule has 0 amide bonds. The fourth-order valence-corrected chi connectivity index (χ4v) is 2.94. The number of nitrogens with zero attached hydrogens (tertiary/aromatic N) is 2. The predicted octanol–water partition coefficient (Wildman–Crippen LogP) is 3.67. The molecule has 1 aromatic carbocycles. The van der Waals surface area contributed by atoms with Crippen LogP contribution < -0.4 is 0 Å². The van der Waals surface area contributed by atoms with E-state index in [4.69, 9.17) is 0 Å². The molecule has 5 heteroatoms. The second kappa shape index (κ2) is 6.31. The average molecular weight is 363 g/mol. The first kappa shape index (κ1) is 15.4. The highest BCUT2D eigenvalue weighted by molar-refractivity contribution is 9.10. The maximum absolute atomic E-state index is 13.1. The smallest absolute Gasteiger partial charge is 0.141 e. The highest BCUT2D eigenvalue weighted by atomic mass is 79.9. The van der Waals surface area contributed by atoms with Gasteiger partial charge in [0.2, 0.25) is 0 Å². The molecule has 0 bridgehead atoms. The van der Waals surface area contributed by atoms with Gasteiger partial charge in [-0.3, -0.25) is 4.99 Å². The monoisotopic (exact) mass is 362 g/mol. The van der Waals surface area contributed by atoms with E-state index in [1.807, 2.05) is 6.92 Å². The molecular weight excluding hydrogens is 347 g/mol. The van der Waals surface area contributed by atoms with E-state index in [-0.39, 0.29) is 12.0 Å². The summed E-state index contributed by atoms with van der Waals surface area (Å²) in [4.78, 5) is 9.01. The largest absolute Gasteiger partial charge is 0.376 e. The summed E-state index contributed by atoms with van der Waals surface area (Å²) >= 11 is 3.23. The van der Waals surface area contributed by atoms with Crippen LogP contribution in [-0.2, 0) is 0 Å². The van der Waals surface area contributed by atoms with Crippen LogP contribution in [0.25, 0.3) is 0 Å². The number of aliphatic imine (C=N–C) groups is 2. The highest BCUT2D eigenvalue weighted by Crippen LogP contribution is 2.35. The normalized spacial score (nSPS) is 21.7. The van der Waals surface area contributed by atoms with Crippen LogP contribution in [0.5, 0.6) is 0 Å². The topological polar surface area (TPSA) is 45.0 Å². The van der Waals surface area contributed by atoms with Crippen molar-refractivity contribution in [3.05, 3.63) is 34.1 Å². The minimum atomic E-state index is -0.993. The van der Waals surface area contributed by atoms with Crippen molar-refractivity contribution in [3.8, 4) is 11.8 Å². The fourth-order valence-electron chi connectivity index (χ4n) is 2.37. The lowest BCUT2D eigenvalue weighted by Gasteiger charge is -2.06. The number of benzene rings is 1. The van der Waals surface area contributed by atoms with E-state index in [0.29, 0.717) is 15.7 Å². The third kappa shape index (κ3) is 3.63. The van der Waals surface area contributed by atoms with Crippen LogP contribution in [0.4, 0.5) is 4.39 Å². The molecule has 22 heavy (non-hydrogen) atoms. The number of rotatable bonds is 3. The minimum Gasteiger partial charge on any atom is -0.376 e. The molecule has 2 atom stereocenters. The summed E-state index contributed by atoms with van der Waals surface area (Å²) in [6.45, 7) is 1.89. The van der Waals surface area contributed by atoms with Gasteiger partial charge in [0.15, 0.2) is 0 Å². The van der Waals surface area contributed by atoms with Gasteiger partial charge in [-0.2, -0.15) is 0 Å². The number of aliphatic hydroxyl groups excluding tert-OH is 1. The Labute approximate surface area is 137 Å². The van der Waals surface area contributed by atoms with Gasteiger partial charge in [-0.25, -0.2) is 9.38 Å². The standard InChI is InChI=1S/C17H16BrFN2O/c1-10-15(21-17(20-10)8-11-2-3-11)6-7-16(22)13-5-4-12(19)9-14(13)18/h4-5,9,11,16-17,22H,2-3,8H2,1H3. The highest BCUT2D eigenvalue weighted by Gasteiger charge is 2.27. The van der Waals surface area contributed by atoms with E-state index >= 15 is 0 Å². The van der Waals surface area contributed by atoms with Crippen molar-refractivity contribution in [2.45, 2.75) is 38.5 Å². The second-order valence-corrected chi connectivity index (χ2v) is 6.54. The Bertz CT molecular complexity index is 713. The molecule has 3 nitrogen and oxygen atoms in total. The van der Waals surface area contributed by atoms with Crippen molar-refractivity contribution in [2.75, 3.05) is 0 Å². The summed E-state index contributed by atoms with van der Waals surface area (Å²) in [5, 5.41) is 10.1. The quantitative estimate of drug-likeness (QED) is 0.819. The summed E-state index contributed by atoms with van der Waals surface area (Å²) in [6, 6.07) is 4.13. The van der Waals surface area contributed by atoms with Crippen molar-refractivity contribution in [2.24, 2.45) is 15.9 Å². The van der Waals surface area contributed by atoms with Crippen LogP contribution in [-0.4, -0.2) is 22.7 Å². The molecule has 1 N–H and O–H groups in total. The summed E-state index contributed by atoms with van der Waals surface area (Å²) < 4.78 is 13.6. The molecule has 1 aliphatic carbocycles. The van der Waals surface area contributed by atoms with Gasteiger partial charge in [-0.1, -0.05) is 40.8 Å². The lowest BCUT2D eigenvalue weighted by Crippen LogP contribution is -2.04. The first-order valence-corrected chi connectivity index (χ1v) is 8.09. The van der Waals surface area contributed by atoms with E-state index in [1.54, 1.807) is 0 Å². The average Bonchev–Trinajstić information content (AvgIpc) is 3.19. The maximum atomic E-state index is 13.1. The first-order valence-electron chi connectivity index (χ1n) is 7.30. The van der Waals surface area contributed by atoms with Crippen molar-refractivity contribution in [1.82, 2.24) is 0 Å². The summed E-state index contributed by atoms with van der Waals surface area (Å²) in [5.74, 6) is 6.07. The number of hydrogen-bond acceptors (Lipinski definition) is 3. The van der Waals surface area contributed by atoms with Crippen LogP contribution in [0.2, 0.25) is 0 Å². The number of aliphatic hydroxyl groups is 1. The van der Waals surface area contributed by atoms with Gasteiger partial charge < -0.3 is 5.11 Å². The molecule has 0 saturated heterocycles. The van der Waals surface area contributed by atoms with Gasteiger partial charge in [0.25, 0.3) is 0 Å². The van der Waals surface area contributed by atoms with Gasteiger partial charge >= 0.3 is 0 Å². The van der Waals surface area contributed by atoms with Gasteiger partial charge in [-0.15, -0.1) is 0 Å². The van der Waals surface area contributed by atoms with Gasteiger partial charge in [0.1, 0.15) is 23.8 Å². The Morgan fingerprint density at radius 2 is 2.18 bits per heavy atom. The van der Waals surface area contributed by atoms with Gasteiger partial charge in [0, 0.05) is 10.0 Å². The Hall–Kier alpha value is -1.51. The fraction of sp³-hybridized carbons (Fsp3) is 0.412. The number of hydrogen-bond donors (Lipinski definition) is 1. The van der Waals surface area contributed by atoms with Crippen molar-refractivity contribution in [3.63, 3.8) is 0 Å². The molecule has 0 aromatic heterocycles. The van der Waals surface area contributed by atoms with Crippen molar-refractivity contribution >= 4 is 27.4 Å². The summed E-state index contributed by atoms with van der Waals surface area (Å²) in [7, 11) is 0. The second-order valence-electron chi connectivity index (χ2n) is 5.69. The lowest BCUT2D eigenvalue weighted by atomic mass is 10.1. The molecule has 1 heterocycles. The lowest BCUT2D eigenvalue weighted by molar-refractivity contribution is 0.237. The minimum absolute atomic E-state index is 0.00787. The predicted molar refractivity (Wildman–Crippen MR) is 88.5 cm³/mol. The number of halogens is 2. The molecule has 2 unspecified atom stereocenters. The SMILES string of the molecule is CC1=NC(CC2CC2)N=C1C#CC(O)c1ccc(F)cc1Br. The zero-order valence-electron chi connectivity index (χ0n) is 12.2. The van der Waals surface area contributed by atoms with E-state index in [0.717, 1.165) is 18.1 Å². The first-order chi connectivity index (χ1) is 10.5. The molecule has 1 aromatic rings. The van der Waals surface area contributed by atoms with Gasteiger partial charge in [0.05, 0.1) is 5.71 Å². The van der Waals surface area contributed by atoms with Crippen LogP contribution in [0.3, 0.4) is 0 Å². The molecule has 0 spiro atoms. The van der Waals surface area contributed by atoms with Crippen molar-refractivity contribution in [1.29, 1.82) is 0 Å². The molecule has 1 saturated carbocycles. The molecular formula is C17H16BrFN2O. The van der Waals surface area contributed by atoms with E-state index in [9.17, 15) is 9.50 Å². The zero-order valence-corrected chi connectivity index (χ0v) is 13.8. The maximum Gasteiger partial charge on any atom is 0.141 e. The molecule has 3 rings (SSSR count). The van der Waals surface area contributed by atoms with Crippen LogP contribution >= 0.6 is 15.9 Å².